The van der Waals surface area contributed by atoms with Crippen LogP contribution >= 0.6 is 0 Å². The van der Waals surface area contributed by atoms with Crippen LogP contribution in [0.1, 0.15) is 50.0 Å². The van der Waals surface area contributed by atoms with Crippen molar-refractivity contribution in [3.63, 3.8) is 0 Å². The van der Waals surface area contributed by atoms with Crippen molar-refractivity contribution in [2.24, 2.45) is 5.92 Å². The fourth-order valence-corrected chi connectivity index (χ4v) is 3.69. The van der Waals surface area contributed by atoms with Gasteiger partial charge in [-0.15, -0.1) is 0 Å². The molecule has 208 valence electrons. The van der Waals surface area contributed by atoms with Gasteiger partial charge in [-0.3, -0.25) is 14.9 Å². The van der Waals surface area contributed by atoms with Gasteiger partial charge >= 0.3 is 17.9 Å². The first-order valence-corrected chi connectivity index (χ1v) is 12.3. The number of rotatable bonds is 14. The van der Waals surface area contributed by atoms with E-state index in [0.717, 1.165) is 5.56 Å². The number of hydrogen-bond acceptors (Lipinski definition) is 10. The van der Waals surface area contributed by atoms with E-state index >= 15 is 0 Å². The van der Waals surface area contributed by atoms with Gasteiger partial charge in [-0.25, -0.2) is 4.79 Å². The molecule has 1 unspecified atom stereocenters. The summed E-state index contributed by atoms with van der Waals surface area (Å²) in [7, 11) is 4.38. The number of benzene rings is 2. The van der Waals surface area contributed by atoms with E-state index in [4.69, 9.17) is 28.4 Å². The molecular weight excluding hydrogens is 494 g/mol. The first-order valence-electron chi connectivity index (χ1n) is 12.3. The summed E-state index contributed by atoms with van der Waals surface area (Å²) in [5.74, 6) is -1.07. The van der Waals surface area contributed by atoms with Crippen LogP contribution in [0.15, 0.2) is 42.5 Å². The minimum absolute atomic E-state index is 0.0891. The van der Waals surface area contributed by atoms with E-state index in [0.29, 0.717) is 23.7 Å². The molecule has 10 heteroatoms. The van der Waals surface area contributed by atoms with E-state index in [1.807, 2.05) is 37.3 Å². The summed E-state index contributed by atoms with van der Waals surface area (Å²) in [6.07, 6.45) is -0.560. The van der Waals surface area contributed by atoms with Crippen LogP contribution in [-0.2, 0) is 29.3 Å². The zero-order chi connectivity index (χ0) is 28.3. The average molecular weight is 532 g/mol. The fraction of sp³-hybridized carbons (Fsp3) is 0.464. The van der Waals surface area contributed by atoms with Crippen LogP contribution in [0.4, 0.5) is 0 Å². The molecule has 0 aliphatic heterocycles. The van der Waals surface area contributed by atoms with Crippen LogP contribution in [0.3, 0.4) is 0 Å². The number of methoxy groups -OCH3 is 3. The van der Waals surface area contributed by atoms with Crippen molar-refractivity contribution in [1.82, 2.24) is 5.32 Å². The minimum Gasteiger partial charge on any atom is -0.493 e. The van der Waals surface area contributed by atoms with Crippen molar-refractivity contribution in [1.29, 1.82) is 0 Å². The first-order chi connectivity index (χ1) is 18.1. The molecular formula is C28H37NO9. The number of carbonyl (C=O) groups excluding carboxylic acids is 3. The fourth-order valence-electron chi connectivity index (χ4n) is 3.69. The van der Waals surface area contributed by atoms with Crippen LogP contribution < -0.4 is 19.5 Å². The lowest BCUT2D eigenvalue weighted by Crippen LogP contribution is -2.49. The highest BCUT2D eigenvalue weighted by Gasteiger charge is 2.33. The van der Waals surface area contributed by atoms with Crippen LogP contribution in [-0.4, -0.2) is 58.7 Å². The number of esters is 3. The zero-order valence-electron chi connectivity index (χ0n) is 23.0. The third-order valence-electron chi connectivity index (χ3n) is 5.90. The SMILES string of the molecule is CC[C@](COC(=O)c1cc(OC)c(OC)c(OC)c1)(NCC(=O)OC(C)OC(=O)C(C)C)c1ccccc1. The standard InChI is InChI=1S/C28H37NO9/c1-8-28(21-12-10-9-11-13-21,29-16-24(30)37-19(4)38-26(31)18(2)3)17-36-27(32)20-14-22(33-5)25(35-7)23(15-20)34-6/h9-15,18-19,29H,8,16-17H2,1-7H3/t19?,28-/m1/s1. The molecule has 38 heavy (non-hydrogen) atoms. The largest absolute Gasteiger partial charge is 0.493 e. The van der Waals surface area contributed by atoms with E-state index in [-0.39, 0.29) is 24.6 Å². The number of hydrogen-bond donors (Lipinski definition) is 1. The molecule has 0 spiro atoms. The Bertz CT molecular complexity index is 1060. The quantitative estimate of drug-likeness (QED) is 0.284. The van der Waals surface area contributed by atoms with Gasteiger partial charge in [-0.2, -0.15) is 0 Å². The Morgan fingerprint density at radius 3 is 2.00 bits per heavy atom. The van der Waals surface area contributed by atoms with Gasteiger partial charge in [-0.05, 0) is 24.1 Å². The van der Waals surface area contributed by atoms with E-state index in [2.05, 4.69) is 5.32 Å². The molecule has 0 bridgehead atoms. The molecule has 0 amide bonds. The Morgan fingerprint density at radius 1 is 0.895 bits per heavy atom. The van der Waals surface area contributed by atoms with Crippen LogP contribution in [0.5, 0.6) is 17.2 Å². The third kappa shape index (κ3) is 7.85. The second-order valence-corrected chi connectivity index (χ2v) is 8.79. The summed E-state index contributed by atoms with van der Waals surface area (Å²) in [6.45, 7) is 6.45. The van der Waals surface area contributed by atoms with Crippen molar-refractivity contribution >= 4 is 17.9 Å². The Kier molecular flexibility index (Phi) is 11.4. The summed E-state index contributed by atoms with van der Waals surface area (Å²) in [5, 5.41) is 3.19. The van der Waals surface area contributed by atoms with Crippen molar-refractivity contribution in [2.75, 3.05) is 34.5 Å². The molecule has 2 aromatic carbocycles. The van der Waals surface area contributed by atoms with Crippen molar-refractivity contribution in [3.05, 3.63) is 53.6 Å². The lowest BCUT2D eigenvalue weighted by Gasteiger charge is -2.34. The molecule has 0 radical (unpaired) electrons. The maximum atomic E-state index is 13.1. The summed E-state index contributed by atoms with van der Waals surface area (Å²) in [6, 6.07) is 12.3. The molecule has 1 N–H and O–H groups in total. The van der Waals surface area contributed by atoms with Gasteiger partial charge in [0.1, 0.15) is 6.61 Å². The highest BCUT2D eigenvalue weighted by Crippen LogP contribution is 2.38. The van der Waals surface area contributed by atoms with Gasteiger partial charge in [0.05, 0.1) is 44.9 Å². The van der Waals surface area contributed by atoms with Gasteiger partial charge in [0.15, 0.2) is 11.5 Å². The Morgan fingerprint density at radius 2 is 1.50 bits per heavy atom. The predicted molar refractivity (Wildman–Crippen MR) is 139 cm³/mol. The Labute approximate surface area is 223 Å². The summed E-state index contributed by atoms with van der Waals surface area (Å²) >= 11 is 0. The van der Waals surface area contributed by atoms with Crippen molar-refractivity contribution < 1.29 is 42.8 Å². The topological polar surface area (TPSA) is 119 Å². The molecule has 0 saturated heterocycles. The van der Waals surface area contributed by atoms with Crippen LogP contribution in [0, 0.1) is 5.92 Å². The second kappa shape index (κ2) is 14.2. The lowest BCUT2D eigenvalue weighted by atomic mass is 9.88. The van der Waals surface area contributed by atoms with E-state index in [1.165, 1.54) is 40.4 Å². The molecule has 2 aromatic rings. The highest BCUT2D eigenvalue weighted by atomic mass is 16.7. The molecule has 0 aliphatic rings. The molecule has 2 atom stereocenters. The summed E-state index contributed by atoms with van der Waals surface area (Å²) < 4.78 is 32.0. The maximum absolute atomic E-state index is 13.1. The average Bonchev–Trinajstić information content (AvgIpc) is 2.92. The Balaban J connectivity index is 2.21. The van der Waals surface area contributed by atoms with E-state index < -0.39 is 29.7 Å². The van der Waals surface area contributed by atoms with Crippen LogP contribution in [0.25, 0.3) is 0 Å². The van der Waals surface area contributed by atoms with Gasteiger partial charge in [0.2, 0.25) is 12.0 Å². The Hall–Kier alpha value is -3.79. The first kappa shape index (κ1) is 30.4. The van der Waals surface area contributed by atoms with Crippen molar-refractivity contribution in [3.8, 4) is 17.2 Å². The molecule has 0 aromatic heterocycles. The summed E-state index contributed by atoms with van der Waals surface area (Å²) in [4.78, 5) is 37.4. The second-order valence-electron chi connectivity index (χ2n) is 8.79. The van der Waals surface area contributed by atoms with E-state index in [1.54, 1.807) is 13.8 Å². The number of ether oxygens (including phenoxy) is 6. The summed E-state index contributed by atoms with van der Waals surface area (Å²) in [5.41, 5.74) is 0.110. The molecule has 0 heterocycles. The van der Waals surface area contributed by atoms with Crippen molar-refractivity contribution in [2.45, 2.75) is 45.9 Å². The third-order valence-corrected chi connectivity index (χ3v) is 5.90. The minimum atomic E-state index is -1.04. The molecule has 0 aliphatic carbocycles. The van der Waals surface area contributed by atoms with Gasteiger partial charge in [-0.1, -0.05) is 51.1 Å². The van der Waals surface area contributed by atoms with Gasteiger partial charge < -0.3 is 28.4 Å². The number of carbonyl (C=O) groups is 3. The van der Waals surface area contributed by atoms with Crippen LogP contribution in [0.2, 0.25) is 0 Å². The number of nitrogens with one attached hydrogen (secondary N) is 1. The molecule has 0 saturated carbocycles. The molecule has 0 fully saturated rings. The van der Waals surface area contributed by atoms with Gasteiger partial charge in [0.25, 0.3) is 0 Å². The van der Waals surface area contributed by atoms with Gasteiger partial charge in [0, 0.05) is 6.92 Å². The molecule has 2 rings (SSSR count). The highest BCUT2D eigenvalue weighted by molar-refractivity contribution is 5.91. The lowest BCUT2D eigenvalue weighted by molar-refractivity contribution is -0.186. The molecule has 10 nitrogen and oxygen atoms in total. The monoisotopic (exact) mass is 531 g/mol. The van der Waals surface area contributed by atoms with E-state index in [9.17, 15) is 14.4 Å². The smallest absolute Gasteiger partial charge is 0.338 e. The normalized spacial score (nSPS) is 13.2. The maximum Gasteiger partial charge on any atom is 0.338 e. The zero-order valence-corrected chi connectivity index (χ0v) is 23.0. The predicted octanol–water partition coefficient (Wildman–Crippen LogP) is 3.85.